The first-order valence-electron chi connectivity index (χ1n) is 7.56. The van der Waals surface area contributed by atoms with Crippen LogP contribution in [0.15, 0.2) is 4.99 Å². The van der Waals surface area contributed by atoms with Crippen LogP contribution in [0.2, 0.25) is 0 Å². The Kier molecular flexibility index (Phi) is 12.4. The summed E-state index contributed by atoms with van der Waals surface area (Å²) in [6.07, 6.45) is 1.66. The normalized spacial score (nSPS) is 19.0. The average molecular weight is 414 g/mol. The number of likely N-dealkylation sites (N-methyl/N-ethyl adjacent to an activating group) is 1. The summed E-state index contributed by atoms with van der Waals surface area (Å²) >= 11 is 0. The van der Waals surface area contributed by atoms with Crippen LogP contribution in [0.4, 0.5) is 0 Å². The van der Waals surface area contributed by atoms with Gasteiger partial charge in [0.05, 0.1) is 12.7 Å². The standard InChI is InChI=1S/C14H30N4O2.HI/c1-4-15-14(18-9-6-13(19)12-18)16-7-5-8-17(2)10-11-20-3;/h13,19H,4-12H2,1-3H3,(H,15,16);1H/t13-;/m1./s1. The maximum atomic E-state index is 9.60. The summed E-state index contributed by atoms with van der Waals surface area (Å²) in [7, 11) is 3.83. The number of halogens is 1. The monoisotopic (exact) mass is 414 g/mol. The lowest BCUT2D eigenvalue weighted by molar-refractivity contribution is 0.161. The van der Waals surface area contributed by atoms with Gasteiger partial charge in [0, 0.05) is 39.8 Å². The third-order valence-corrected chi connectivity index (χ3v) is 3.43. The number of likely N-dealkylation sites (tertiary alicyclic amines) is 1. The zero-order valence-electron chi connectivity index (χ0n) is 13.5. The SMILES string of the molecule is CCNC(=NCCCN(C)CCOC)N1CC[C@@H](O)C1.I. The van der Waals surface area contributed by atoms with Crippen LogP contribution in [0.25, 0.3) is 0 Å². The van der Waals surface area contributed by atoms with E-state index in [1.165, 1.54) is 0 Å². The van der Waals surface area contributed by atoms with Crippen molar-refractivity contribution in [3.8, 4) is 0 Å². The van der Waals surface area contributed by atoms with Crippen LogP contribution in [0.5, 0.6) is 0 Å². The third kappa shape index (κ3) is 8.80. The van der Waals surface area contributed by atoms with Crippen molar-refractivity contribution in [2.75, 3.05) is 60.0 Å². The van der Waals surface area contributed by atoms with E-state index in [0.29, 0.717) is 6.54 Å². The van der Waals surface area contributed by atoms with Gasteiger partial charge in [-0.1, -0.05) is 0 Å². The molecule has 0 amide bonds. The van der Waals surface area contributed by atoms with Gasteiger partial charge < -0.3 is 25.0 Å². The number of hydrogen-bond acceptors (Lipinski definition) is 4. The molecule has 6 nitrogen and oxygen atoms in total. The minimum atomic E-state index is -0.209. The quantitative estimate of drug-likeness (QED) is 0.264. The van der Waals surface area contributed by atoms with Crippen molar-refractivity contribution < 1.29 is 9.84 Å². The summed E-state index contributed by atoms with van der Waals surface area (Å²) in [5.41, 5.74) is 0. The molecule has 1 heterocycles. The van der Waals surface area contributed by atoms with E-state index in [1.54, 1.807) is 7.11 Å². The lowest BCUT2D eigenvalue weighted by Crippen LogP contribution is -2.40. The Labute approximate surface area is 145 Å². The molecule has 2 N–H and O–H groups in total. The van der Waals surface area contributed by atoms with Gasteiger partial charge in [0.2, 0.25) is 0 Å². The van der Waals surface area contributed by atoms with Crippen LogP contribution >= 0.6 is 24.0 Å². The molecule has 0 aromatic heterocycles. The summed E-state index contributed by atoms with van der Waals surface area (Å²) in [5.74, 6) is 0.934. The van der Waals surface area contributed by atoms with Gasteiger partial charge >= 0.3 is 0 Å². The van der Waals surface area contributed by atoms with Gasteiger partial charge in [-0.05, 0) is 33.4 Å². The summed E-state index contributed by atoms with van der Waals surface area (Å²) in [6.45, 7) is 8.08. The minimum Gasteiger partial charge on any atom is -0.391 e. The lowest BCUT2D eigenvalue weighted by atomic mass is 10.3. The Morgan fingerprint density at radius 2 is 2.24 bits per heavy atom. The van der Waals surface area contributed by atoms with E-state index < -0.39 is 0 Å². The predicted molar refractivity (Wildman–Crippen MR) is 97.6 cm³/mol. The largest absolute Gasteiger partial charge is 0.391 e. The molecule has 21 heavy (non-hydrogen) atoms. The van der Waals surface area contributed by atoms with Gasteiger partial charge in [-0.25, -0.2) is 0 Å². The highest BCUT2D eigenvalue weighted by Gasteiger charge is 2.22. The lowest BCUT2D eigenvalue weighted by Gasteiger charge is -2.21. The fourth-order valence-electron chi connectivity index (χ4n) is 2.24. The van der Waals surface area contributed by atoms with Crippen LogP contribution in [0.3, 0.4) is 0 Å². The molecule has 1 aliphatic heterocycles. The predicted octanol–water partition coefficient (Wildman–Crippen LogP) is 0.605. The van der Waals surface area contributed by atoms with Crippen molar-refractivity contribution in [1.82, 2.24) is 15.1 Å². The topological polar surface area (TPSA) is 60.3 Å². The van der Waals surface area contributed by atoms with Crippen LogP contribution in [0.1, 0.15) is 19.8 Å². The second-order valence-corrected chi connectivity index (χ2v) is 5.27. The fraction of sp³-hybridized carbons (Fsp3) is 0.929. The molecule has 0 spiro atoms. The number of guanidine groups is 1. The van der Waals surface area contributed by atoms with Crippen molar-refractivity contribution in [2.45, 2.75) is 25.9 Å². The maximum Gasteiger partial charge on any atom is 0.194 e. The first-order valence-corrected chi connectivity index (χ1v) is 7.56. The fourth-order valence-corrected chi connectivity index (χ4v) is 2.24. The summed E-state index contributed by atoms with van der Waals surface area (Å²) in [4.78, 5) is 9.04. The van der Waals surface area contributed by atoms with Crippen LogP contribution in [-0.2, 0) is 4.74 Å². The van der Waals surface area contributed by atoms with Gasteiger partial charge in [-0.15, -0.1) is 24.0 Å². The molecule has 1 atom stereocenters. The van der Waals surface area contributed by atoms with E-state index in [-0.39, 0.29) is 30.1 Å². The smallest absolute Gasteiger partial charge is 0.194 e. The molecule has 0 aliphatic carbocycles. The Hall–Kier alpha value is -0.120. The molecule has 1 aliphatic rings. The number of aliphatic imine (C=N–C) groups is 1. The molecular formula is C14H31IN4O2. The molecular weight excluding hydrogens is 383 g/mol. The molecule has 1 saturated heterocycles. The second-order valence-electron chi connectivity index (χ2n) is 5.27. The number of aliphatic hydroxyl groups excluding tert-OH is 1. The van der Waals surface area contributed by atoms with Gasteiger partial charge in [0.25, 0.3) is 0 Å². The zero-order chi connectivity index (χ0) is 14.8. The maximum absolute atomic E-state index is 9.60. The van der Waals surface area contributed by atoms with E-state index in [2.05, 4.69) is 34.1 Å². The van der Waals surface area contributed by atoms with Crippen molar-refractivity contribution in [3.05, 3.63) is 0 Å². The number of β-amino-alcohol motifs (C(OH)–C–C–N with tert-alkyl or cyclic N) is 1. The van der Waals surface area contributed by atoms with E-state index in [9.17, 15) is 5.11 Å². The third-order valence-electron chi connectivity index (χ3n) is 3.43. The molecule has 0 aromatic carbocycles. The number of aliphatic hydroxyl groups is 1. The minimum absolute atomic E-state index is 0. The highest BCUT2D eigenvalue weighted by atomic mass is 127. The van der Waals surface area contributed by atoms with E-state index >= 15 is 0 Å². The van der Waals surface area contributed by atoms with Crippen molar-refractivity contribution >= 4 is 29.9 Å². The Morgan fingerprint density at radius 1 is 1.48 bits per heavy atom. The van der Waals surface area contributed by atoms with Crippen molar-refractivity contribution in [3.63, 3.8) is 0 Å². The molecule has 126 valence electrons. The Bertz CT molecular complexity index is 292. The number of rotatable bonds is 8. The van der Waals surface area contributed by atoms with Gasteiger partial charge in [0.15, 0.2) is 5.96 Å². The molecule has 0 saturated carbocycles. The molecule has 0 bridgehead atoms. The Balaban J connectivity index is 0.00000400. The van der Waals surface area contributed by atoms with Crippen molar-refractivity contribution in [2.24, 2.45) is 4.99 Å². The Morgan fingerprint density at radius 3 is 2.81 bits per heavy atom. The van der Waals surface area contributed by atoms with E-state index in [1.807, 2.05) is 0 Å². The summed E-state index contributed by atoms with van der Waals surface area (Å²) < 4.78 is 5.06. The number of nitrogens with one attached hydrogen (secondary N) is 1. The number of nitrogens with zero attached hydrogens (tertiary/aromatic N) is 3. The number of ether oxygens (including phenoxy) is 1. The number of hydrogen-bond donors (Lipinski definition) is 2. The molecule has 1 rings (SSSR count). The molecule has 1 fully saturated rings. The second kappa shape index (κ2) is 12.4. The van der Waals surface area contributed by atoms with Gasteiger partial charge in [-0.3, -0.25) is 4.99 Å². The van der Waals surface area contributed by atoms with Gasteiger partial charge in [-0.2, -0.15) is 0 Å². The van der Waals surface area contributed by atoms with Crippen molar-refractivity contribution in [1.29, 1.82) is 0 Å². The van der Waals surface area contributed by atoms with Gasteiger partial charge in [0.1, 0.15) is 0 Å². The molecule has 0 aromatic rings. The summed E-state index contributed by atoms with van der Waals surface area (Å²) in [5, 5.41) is 12.9. The number of methoxy groups -OCH3 is 1. The van der Waals surface area contributed by atoms with E-state index in [0.717, 1.165) is 58.1 Å². The first-order chi connectivity index (χ1) is 9.67. The van der Waals surface area contributed by atoms with Crippen LogP contribution in [-0.4, -0.2) is 87.0 Å². The summed E-state index contributed by atoms with van der Waals surface area (Å²) in [6, 6.07) is 0. The van der Waals surface area contributed by atoms with E-state index in [4.69, 9.17) is 4.74 Å². The van der Waals surface area contributed by atoms with Crippen LogP contribution < -0.4 is 5.32 Å². The molecule has 0 radical (unpaired) electrons. The molecule has 7 heteroatoms. The highest BCUT2D eigenvalue weighted by molar-refractivity contribution is 14.0. The average Bonchev–Trinajstić information content (AvgIpc) is 2.86. The first kappa shape index (κ1) is 20.9. The molecule has 0 unspecified atom stereocenters. The van der Waals surface area contributed by atoms with Crippen LogP contribution in [0, 0.1) is 0 Å². The zero-order valence-corrected chi connectivity index (χ0v) is 15.9. The highest BCUT2D eigenvalue weighted by Crippen LogP contribution is 2.08.